The second-order valence-electron chi connectivity index (χ2n) is 2.37. The van der Waals surface area contributed by atoms with Crippen LogP contribution in [-0.2, 0) is 0 Å². The third-order valence-electron chi connectivity index (χ3n) is 1.35. The van der Waals surface area contributed by atoms with Crippen LogP contribution in [-0.4, -0.2) is 0 Å². The molecule has 0 amide bonds. The Morgan fingerprint density at radius 1 is 1.00 bits per heavy atom. The van der Waals surface area contributed by atoms with Crippen molar-refractivity contribution in [1.29, 1.82) is 0 Å². The number of hydrogen-bond donors (Lipinski definition) is 0. The molecule has 10 heavy (non-hydrogen) atoms. The zero-order chi connectivity index (χ0) is 6.69. The molecule has 0 N–H and O–H groups in total. The van der Waals surface area contributed by atoms with Crippen molar-refractivity contribution >= 4 is 0 Å². The summed E-state index contributed by atoms with van der Waals surface area (Å²) < 4.78 is 0. The Kier molecular flexibility index (Phi) is 6.41. The van der Waals surface area contributed by atoms with Crippen molar-refractivity contribution in [2.24, 2.45) is 0 Å². The molecule has 0 saturated carbocycles. The predicted molar refractivity (Wildman–Crippen MR) is 40.1 cm³/mol. The van der Waals surface area contributed by atoms with E-state index in [1.807, 2.05) is 6.07 Å². The second-order valence-corrected chi connectivity index (χ2v) is 2.37. The van der Waals surface area contributed by atoms with Gasteiger partial charge in [-0.3, -0.25) is 0 Å². The van der Waals surface area contributed by atoms with Gasteiger partial charge in [0.05, 0.1) is 0 Å². The third-order valence-corrected chi connectivity index (χ3v) is 1.35. The Morgan fingerprint density at radius 3 is 1.80 bits per heavy atom. The number of benzene rings is 1. The van der Waals surface area contributed by atoms with E-state index in [1.165, 1.54) is 11.5 Å². The molecule has 1 aromatic rings. The maximum atomic E-state index is 2.12. The van der Waals surface area contributed by atoms with Crippen LogP contribution in [0.2, 0.25) is 0 Å². The standard InChI is InChI=1S/C9H11.Cs/c1-8(2)9-6-4-3-5-7-9;/h3-7H,1-2H3;/q-1;+1. The van der Waals surface area contributed by atoms with E-state index in [0.717, 1.165) is 0 Å². The van der Waals surface area contributed by atoms with Crippen LogP contribution >= 0.6 is 0 Å². The summed E-state index contributed by atoms with van der Waals surface area (Å²) >= 11 is 0. The van der Waals surface area contributed by atoms with Crippen LogP contribution in [0.25, 0.3) is 0 Å². The van der Waals surface area contributed by atoms with E-state index in [2.05, 4.69) is 38.1 Å². The van der Waals surface area contributed by atoms with E-state index in [-0.39, 0.29) is 68.9 Å². The zero-order valence-electron chi connectivity index (χ0n) is 6.89. The molecule has 1 heteroatoms. The molecule has 1 rings (SSSR count). The molecular formula is C9H11Cs. The largest absolute Gasteiger partial charge is 1.00 e. The van der Waals surface area contributed by atoms with Crippen molar-refractivity contribution in [3.8, 4) is 0 Å². The van der Waals surface area contributed by atoms with Crippen molar-refractivity contribution in [1.82, 2.24) is 0 Å². The molecule has 48 valence electrons. The Labute approximate surface area is 122 Å². The topological polar surface area (TPSA) is 0 Å². The summed E-state index contributed by atoms with van der Waals surface area (Å²) in [4.78, 5) is 0. The van der Waals surface area contributed by atoms with Gasteiger partial charge in [0.15, 0.2) is 0 Å². The van der Waals surface area contributed by atoms with Gasteiger partial charge in [-0.25, -0.2) is 0 Å². The van der Waals surface area contributed by atoms with Crippen molar-refractivity contribution < 1.29 is 68.9 Å². The van der Waals surface area contributed by atoms with Crippen LogP contribution in [0.3, 0.4) is 0 Å². The van der Waals surface area contributed by atoms with Crippen LogP contribution in [0.1, 0.15) is 19.4 Å². The van der Waals surface area contributed by atoms with Crippen LogP contribution in [0.15, 0.2) is 30.3 Å². The third kappa shape index (κ3) is 3.51. The summed E-state index contributed by atoms with van der Waals surface area (Å²) in [6.45, 7) is 4.24. The molecule has 0 saturated heterocycles. The molecule has 0 aliphatic heterocycles. The van der Waals surface area contributed by atoms with E-state index in [4.69, 9.17) is 0 Å². The van der Waals surface area contributed by atoms with E-state index < -0.39 is 0 Å². The maximum Gasteiger partial charge on any atom is 1.00 e. The first-order chi connectivity index (χ1) is 4.30. The quantitative estimate of drug-likeness (QED) is 0.599. The summed E-state index contributed by atoms with van der Waals surface area (Å²) in [6.07, 6.45) is 0. The zero-order valence-corrected chi connectivity index (χ0v) is 13.2. The van der Waals surface area contributed by atoms with Gasteiger partial charge in [-0.2, -0.15) is 23.6 Å². The van der Waals surface area contributed by atoms with E-state index in [0.29, 0.717) is 0 Å². The average Bonchev–Trinajstić information content (AvgIpc) is 1.90. The first kappa shape index (κ1) is 11.1. The second kappa shape index (κ2) is 5.75. The molecule has 0 fully saturated rings. The molecule has 0 radical (unpaired) electrons. The van der Waals surface area contributed by atoms with Crippen molar-refractivity contribution in [2.75, 3.05) is 0 Å². The summed E-state index contributed by atoms with van der Waals surface area (Å²) in [6, 6.07) is 10.4. The predicted octanol–water partition coefficient (Wildman–Crippen LogP) is -0.347. The fourth-order valence-electron chi connectivity index (χ4n) is 0.771. The van der Waals surface area contributed by atoms with E-state index >= 15 is 0 Å². The van der Waals surface area contributed by atoms with Gasteiger partial charge in [-0.15, -0.1) is 12.1 Å². The molecule has 0 spiro atoms. The number of hydrogen-bond acceptors (Lipinski definition) is 0. The summed E-state index contributed by atoms with van der Waals surface area (Å²) in [5.74, 6) is 1.37. The molecule has 0 unspecified atom stereocenters. The SMILES string of the molecule is C[C-](C)c1ccccc1.[Cs+]. The molecule has 0 bridgehead atoms. The van der Waals surface area contributed by atoms with Gasteiger partial charge in [-0.1, -0.05) is 19.9 Å². The average molecular weight is 252 g/mol. The molecule has 0 aromatic heterocycles. The van der Waals surface area contributed by atoms with Gasteiger partial charge in [-0.05, 0) is 0 Å². The fourth-order valence-corrected chi connectivity index (χ4v) is 0.771. The van der Waals surface area contributed by atoms with Crippen LogP contribution < -0.4 is 68.9 Å². The Bertz CT molecular complexity index is 167. The van der Waals surface area contributed by atoms with Crippen LogP contribution in [0, 0.1) is 5.92 Å². The van der Waals surface area contributed by atoms with Gasteiger partial charge in [0.1, 0.15) is 0 Å². The summed E-state index contributed by atoms with van der Waals surface area (Å²) in [7, 11) is 0. The van der Waals surface area contributed by atoms with E-state index in [9.17, 15) is 0 Å². The van der Waals surface area contributed by atoms with E-state index in [1.54, 1.807) is 0 Å². The first-order valence-electron chi connectivity index (χ1n) is 3.16. The summed E-state index contributed by atoms with van der Waals surface area (Å²) in [5, 5.41) is 0. The van der Waals surface area contributed by atoms with Crippen molar-refractivity contribution in [2.45, 2.75) is 13.8 Å². The minimum absolute atomic E-state index is 0. The normalized spacial score (nSPS) is 8.20. The van der Waals surface area contributed by atoms with Gasteiger partial charge >= 0.3 is 68.9 Å². The fraction of sp³-hybridized carbons (Fsp3) is 0.222. The Balaban J connectivity index is 0.000000810. The molecule has 0 aliphatic carbocycles. The Hall–Kier alpha value is 1.14. The molecule has 0 atom stereocenters. The Morgan fingerprint density at radius 2 is 1.50 bits per heavy atom. The van der Waals surface area contributed by atoms with Crippen LogP contribution in [0.4, 0.5) is 0 Å². The van der Waals surface area contributed by atoms with Gasteiger partial charge < -0.3 is 0 Å². The molecule has 0 heterocycles. The summed E-state index contributed by atoms with van der Waals surface area (Å²) in [5.41, 5.74) is 1.33. The van der Waals surface area contributed by atoms with Crippen molar-refractivity contribution in [3.63, 3.8) is 0 Å². The van der Waals surface area contributed by atoms with Gasteiger partial charge in [0.25, 0.3) is 0 Å². The van der Waals surface area contributed by atoms with Gasteiger partial charge in [0, 0.05) is 0 Å². The smallest absolute Gasteiger partial charge is 0.189 e. The van der Waals surface area contributed by atoms with Gasteiger partial charge in [0.2, 0.25) is 0 Å². The minimum atomic E-state index is 0. The molecular weight excluding hydrogens is 241 g/mol. The maximum absolute atomic E-state index is 2.12. The monoisotopic (exact) mass is 252 g/mol. The molecule has 0 nitrogen and oxygen atoms in total. The molecule has 1 aromatic carbocycles. The first-order valence-corrected chi connectivity index (χ1v) is 3.16. The van der Waals surface area contributed by atoms with Crippen molar-refractivity contribution in [3.05, 3.63) is 41.8 Å². The van der Waals surface area contributed by atoms with Crippen LogP contribution in [0.5, 0.6) is 0 Å². The molecule has 0 aliphatic rings. The minimum Gasteiger partial charge on any atom is -0.189 e. The number of rotatable bonds is 1.